The summed E-state index contributed by atoms with van der Waals surface area (Å²) in [6.45, 7) is 5.69. The molecule has 1 aromatic heterocycles. The lowest BCUT2D eigenvalue weighted by molar-refractivity contribution is 0.0883. The van der Waals surface area contributed by atoms with Crippen LogP contribution in [0.5, 0.6) is 0 Å². The third kappa shape index (κ3) is 3.80. The summed E-state index contributed by atoms with van der Waals surface area (Å²) in [4.78, 5) is 5.35. The maximum atomic E-state index is 13.6. The van der Waals surface area contributed by atoms with Gasteiger partial charge in [0.15, 0.2) is 23.3 Å². The van der Waals surface area contributed by atoms with Gasteiger partial charge in [-0.25, -0.2) is 13.8 Å². The van der Waals surface area contributed by atoms with Gasteiger partial charge in [-0.2, -0.15) is 0 Å². The molecule has 0 saturated carbocycles. The van der Waals surface area contributed by atoms with Crippen molar-refractivity contribution in [1.82, 2.24) is 4.98 Å². The smallest absolute Gasteiger partial charge is 0.168 e. The normalized spacial score (nSPS) is 11.5. The number of nitrogens with zero attached hydrogens (tertiary/aromatic N) is 2. The fourth-order valence-electron chi connectivity index (χ4n) is 1.67. The molecule has 0 saturated heterocycles. The average molecular weight is 259 g/mol. The molecule has 0 amide bonds. The van der Waals surface area contributed by atoms with E-state index in [0.29, 0.717) is 6.54 Å². The first-order valence-corrected chi connectivity index (χ1v) is 5.78. The van der Waals surface area contributed by atoms with Crippen molar-refractivity contribution >= 4 is 11.6 Å². The minimum Gasteiger partial charge on any atom is -0.389 e. The molecule has 18 heavy (non-hydrogen) atoms. The van der Waals surface area contributed by atoms with Crippen LogP contribution in [-0.2, 0) is 0 Å². The van der Waals surface area contributed by atoms with Gasteiger partial charge >= 0.3 is 0 Å². The predicted molar refractivity (Wildman–Crippen MR) is 67.9 cm³/mol. The van der Waals surface area contributed by atoms with Gasteiger partial charge in [-0.15, -0.1) is 0 Å². The van der Waals surface area contributed by atoms with E-state index in [9.17, 15) is 13.9 Å². The van der Waals surface area contributed by atoms with Gasteiger partial charge in [-0.05, 0) is 20.8 Å². The second-order valence-corrected chi connectivity index (χ2v) is 4.82. The van der Waals surface area contributed by atoms with Crippen LogP contribution in [0.3, 0.4) is 0 Å². The van der Waals surface area contributed by atoms with Gasteiger partial charge < -0.3 is 15.3 Å². The zero-order chi connectivity index (χ0) is 13.9. The molecule has 0 bridgehead atoms. The highest BCUT2D eigenvalue weighted by Gasteiger charge is 2.20. The van der Waals surface area contributed by atoms with Crippen LogP contribution in [0.4, 0.5) is 20.4 Å². The van der Waals surface area contributed by atoms with Crippen molar-refractivity contribution in [2.45, 2.75) is 26.4 Å². The molecule has 102 valence electrons. The van der Waals surface area contributed by atoms with E-state index in [4.69, 9.17) is 0 Å². The van der Waals surface area contributed by atoms with Crippen molar-refractivity contribution in [1.29, 1.82) is 0 Å². The third-order valence-electron chi connectivity index (χ3n) is 2.24. The summed E-state index contributed by atoms with van der Waals surface area (Å²) in [7, 11) is 1.59. The Morgan fingerprint density at radius 3 is 2.50 bits per heavy atom. The Labute approximate surface area is 106 Å². The van der Waals surface area contributed by atoms with Crippen LogP contribution in [0.15, 0.2) is 6.07 Å². The standard InChI is InChI=1S/C12H19F2N3O/c1-5-15-10-8(13)6-9(14)11(16-10)17(4)7-12(2,3)18/h6,18H,5,7H2,1-4H3,(H,15,16). The molecule has 0 aliphatic heterocycles. The highest BCUT2D eigenvalue weighted by atomic mass is 19.1. The summed E-state index contributed by atoms with van der Waals surface area (Å²) in [5.74, 6) is -1.46. The second kappa shape index (κ2) is 5.48. The van der Waals surface area contributed by atoms with Crippen LogP contribution in [0.25, 0.3) is 0 Å². The van der Waals surface area contributed by atoms with Crippen molar-refractivity contribution in [3.8, 4) is 0 Å². The van der Waals surface area contributed by atoms with E-state index in [2.05, 4.69) is 10.3 Å². The minimum absolute atomic E-state index is 0.00877. The summed E-state index contributed by atoms with van der Waals surface area (Å²) in [6, 6.07) is 0.793. The summed E-state index contributed by atoms with van der Waals surface area (Å²) in [5.41, 5.74) is -0.990. The van der Waals surface area contributed by atoms with Gasteiger partial charge in [0, 0.05) is 26.2 Å². The van der Waals surface area contributed by atoms with E-state index in [1.54, 1.807) is 27.8 Å². The topological polar surface area (TPSA) is 48.4 Å². The van der Waals surface area contributed by atoms with Crippen molar-refractivity contribution < 1.29 is 13.9 Å². The third-order valence-corrected chi connectivity index (χ3v) is 2.24. The highest BCUT2D eigenvalue weighted by Crippen LogP contribution is 2.22. The van der Waals surface area contributed by atoms with Crippen LogP contribution in [0, 0.1) is 11.6 Å². The number of nitrogens with one attached hydrogen (secondary N) is 1. The van der Waals surface area contributed by atoms with Gasteiger partial charge in [0.2, 0.25) is 0 Å². The monoisotopic (exact) mass is 259 g/mol. The van der Waals surface area contributed by atoms with Crippen LogP contribution in [0.1, 0.15) is 20.8 Å². The summed E-state index contributed by atoms with van der Waals surface area (Å²) < 4.78 is 27.0. The molecule has 0 aromatic carbocycles. The van der Waals surface area contributed by atoms with E-state index in [0.717, 1.165) is 6.07 Å². The molecule has 4 nitrogen and oxygen atoms in total. The van der Waals surface area contributed by atoms with Gasteiger partial charge in [0.1, 0.15) is 0 Å². The first kappa shape index (κ1) is 14.6. The molecule has 0 fully saturated rings. The first-order valence-electron chi connectivity index (χ1n) is 5.78. The van der Waals surface area contributed by atoms with Gasteiger partial charge in [0.25, 0.3) is 0 Å². The maximum absolute atomic E-state index is 13.6. The Bertz CT molecular complexity index is 419. The number of aromatic nitrogens is 1. The molecule has 0 spiro atoms. The number of hydrogen-bond donors (Lipinski definition) is 2. The molecule has 0 atom stereocenters. The Kier molecular flexibility index (Phi) is 4.45. The SMILES string of the molecule is CCNc1nc(N(C)CC(C)(C)O)c(F)cc1F. The van der Waals surface area contributed by atoms with Gasteiger partial charge in [-0.1, -0.05) is 0 Å². The molecule has 0 radical (unpaired) electrons. The van der Waals surface area contributed by atoms with Crippen molar-refractivity contribution in [3.05, 3.63) is 17.7 Å². The van der Waals surface area contributed by atoms with E-state index >= 15 is 0 Å². The Balaban J connectivity index is 3.04. The number of halogens is 2. The molecule has 1 aromatic rings. The summed E-state index contributed by atoms with van der Waals surface area (Å²) in [6.07, 6.45) is 0. The zero-order valence-corrected chi connectivity index (χ0v) is 11.1. The minimum atomic E-state index is -0.990. The van der Waals surface area contributed by atoms with Crippen LogP contribution >= 0.6 is 0 Å². The quantitative estimate of drug-likeness (QED) is 0.849. The lowest BCUT2D eigenvalue weighted by Gasteiger charge is -2.27. The van der Waals surface area contributed by atoms with E-state index in [1.807, 2.05) is 0 Å². The first-order chi connectivity index (χ1) is 8.24. The molecule has 6 heteroatoms. The molecule has 0 aliphatic rings. The molecule has 2 N–H and O–H groups in total. The zero-order valence-electron chi connectivity index (χ0n) is 11.1. The molecule has 0 unspecified atom stereocenters. The molecular weight excluding hydrogens is 240 g/mol. The molecule has 1 rings (SSSR count). The Hall–Kier alpha value is -1.43. The Morgan fingerprint density at radius 2 is 2.00 bits per heavy atom. The van der Waals surface area contributed by atoms with E-state index < -0.39 is 17.2 Å². The number of likely N-dealkylation sites (N-methyl/N-ethyl adjacent to an activating group) is 1. The highest BCUT2D eigenvalue weighted by molar-refractivity contribution is 5.49. The average Bonchev–Trinajstić information content (AvgIpc) is 2.19. The number of aliphatic hydroxyl groups is 1. The van der Waals surface area contributed by atoms with Crippen LogP contribution < -0.4 is 10.2 Å². The largest absolute Gasteiger partial charge is 0.389 e. The summed E-state index contributed by atoms with van der Waals surface area (Å²) >= 11 is 0. The maximum Gasteiger partial charge on any atom is 0.168 e. The van der Waals surface area contributed by atoms with E-state index in [-0.39, 0.29) is 18.2 Å². The van der Waals surface area contributed by atoms with Crippen molar-refractivity contribution in [2.75, 3.05) is 30.4 Å². The molecule has 0 aliphatic carbocycles. The fourth-order valence-corrected chi connectivity index (χ4v) is 1.67. The van der Waals surface area contributed by atoms with E-state index in [1.165, 1.54) is 4.90 Å². The van der Waals surface area contributed by atoms with Crippen LogP contribution in [-0.4, -0.2) is 35.8 Å². The van der Waals surface area contributed by atoms with Gasteiger partial charge in [0.05, 0.1) is 5.60 Å². The number of rotatable bonds is 5. The lowest BCUT2D eigenvalue weighted by Crippen LogP contribution is -2.37. The number of hydrogen-bond acceptors (Lipinski definition) is 4. The predicted octanol–water partition coefficient (Wildman–Crippen LogP) is 2.00. The molecular formula is C12H19F2N3O. The van der Waals surface area contributed by atoms with Crippen molar-refractivity contribution in [2.24, 2.45) is 0 Å². The van der Waals surface area contributed by atoms with Gasteiger partial charge in [-0.3, -0.25) is 0 Å². The number of anilines is 2. The molecule has 1 heterocycles. The lowest BCUT2D eigenvalue weighted by atomic mass is 10.1. The van der Waals surface area contributed by atoms with Crippen molar-refractivity contribution in [3.63, 3.8) is 0 Å². The summed E-state index contributed by atoms with van der Waals surface area (Å²) in [5, 5.41) is 12.4. The number of pyridine rings is 1. The second-order valence-electron chi connectivity index (χ2n) is 4.82. The Morgan fingerprint density at radius 1 is 1.39 bits per heavy atom. The van der Waals surface area contributed by atoms with Crippen LogP contribution in [0.2, 0.25) is 0 Å². The fraction of sp³-hybridized carbons (Fsp3) is 0.583.